The maximum absolute atomic E-state index is 13.8. The van der Waals surface area contributed by atoms with E-state index in [0.29, 0.717) is 11.3 Å². The standard InChI is InChI=1S/C15H13FN2O2S/c1-10-14(18)3-2-4-15(10)21(19,20)9-12-6-5-11(8-17)7-13(12)16/h2-7H,9,18H2,1H3. The lowest BCUT2D eigenvalue weighted by molar-refractivity contribution is 0.586. The van der Waals surface area contributed by atoms with Crippen molar-refractivity contribution in [1.29, 1.82) is 5.26 Å². The number of sulfone groups is 1. The first-order valence-electron chi connectivity index (χ1n) is 6.11. The van der Waals surface area contributed by atoms with Gasteiger partial charge in [-0.15, -0.1) is 0 Å². The highest BCUT2D eigenvalue weighted by Gasteiger charge is 2.20. The Kier molecular flexibility index (Phi) is 3.96. The van der Waals surface area contributed by atoms with E-state index < -0.39 is 21.4 Å². The van der Waals surface area contributed by atoms with Crippen molar-refractivity contribution in [2.24, 2.45) is 0 Å². The molecule has 0 heterocycles. The normalized spacial score (nSPS) is 11.1. The molecule has 0 atom stereocenters. The molecular weight excluding hydrogens is 291 g/mol. The Labute approximate surface area is 122 Å². The van der Waals surface area contributed by atoms with E-state index >= 15 is 0 Å². The molecule has 0 aliphatic rings. The largest absolute Gasteiger partial charge is 0.398 e. The van der Waals surface area contributed by atoms with Gasteiger partial charge in [0.25, 0.3) is 0 Å². The van der Waals surface area contributed by atoms with E-state index in [0.717, 1.165) is 6.07 Å². The number of anilines is 1. The molecular formula is C15H13FN2O2S. The van der Waals surface area contributed by atoms with Crippen LogP contribution in [0.15, 0.2) is 41.3 Å². The molecule has 2 aromatic rings. The zero-order valence-electron chi connectivity index (χ0n) is 11.3. The summed E-state index contributed by atoms with van der Waals surface area (Å²) >= 11 is 0. The Morgan fingerprint density at radius 1 is 1.29 bits per heavy atom. The van der Waals surface area contributed by atoms with E-state index in [4.69, 9.17) is 11.0 Å². The third-order valence-electron chi connectivity index (χ3n) is 3.19. The van der Waals surface area contributed by atoms with Crippen LogP contribution in [0.1, 0.15) is 16.7 Å². The number of nitrogen functional groups attached to an aromatic ring is 1. The van der Waals surface area contributed by atoms with Crippen LogP contribution in [0.4, 0.5) is 10.1 Å². The summed E-state index contributed by atoms with van der Waals surface area (Å²) in [4.78, 5) is 0.0891. The Morgan fingerprint density at radius 2 is 2.00 bits per heavy atom. The second kappa shape index (κ2) is 5.54. The zero-order chi connectivity index (χ0) is 15.6. The molecule has 0 saturated heterocycles. The van der Waals surface area contributed by atoms with Gasteiger partial charge in [0.05, 0.1) is 22.3 Å². The Morgan fingerprint density at radius 3 is 2.62 bits per heavy atom. The number of hydrogen-bond donors (Lipinski definition) is 1. The van der Waals surface area contributed by atoms with Gasteiger partial charge >= 0.3 is 0 Å². The summed E-state index contributed by atoms with van der Waals surface area (Å²) in [5.41, 5.74) is 6.70. The monoisotopic (exact) mass is 304 g/mol. The molecule has 108 valence electrons. The minimum Gasteiger partial charge on any atom is -0.398 e. The van der Waals surface area contributed by atoms with Crippen LogP contribution in [0, 0.1) is 24.1 Å². The quantitative estimate of drug-likeness (QED) is 0.883. The van der Waals surface area contributed by atoms with E-state index in [-0.39, 0.29) is 16.0 Å². The predicted molar refractivity (Wildman–Crippen MR) is 77.6 cm³/mol. The molecule has 2 N–H and O–H groups in total. The molecule has 0 amide bonds. The second-order valence-electron chi connectivity index (χ2n) is 4.65. The molecule has 0 bridgehead atoms. The molecule has 21 heavy (non-hydrogen) atoms. The highest BCUT2D eigenvalue weighted by molar-refractivity contribution is 7.90. The number of hydrogen-bond acceptors (Lipinski definition) is 4. The molecule has 2 rings (SSSR count). The van der Waals surface area contributed by atoms with Crippen molar-refractivity contribution >= 4 is 15.5 Å². The number of nitrogens with zero attached hydrogens (tertiary/aromatic N) is 1. The van der Waals surface area contributed by atoms with E-state index in [1.165, 1.54) is 18.2 Å². The minimum atomic E-state index is -3.71. The summed E-state index contributed by atoms with van der Waals surface area (Å²) < 4.78 is 38.6. The molecule has 0 saturated carbocycles. The average Bonchev–Trinajstić information content (AvgIpc) is 2.43. The summed E-state index contributed by atoms with van der Waals surface area (Å²) in [6, 6.07) is 10.1. The van der Waals surface area contributed by atoms with Gasteiger partial charge in [0, 0.05) is 11.3 Å². The maximum atomic E-state index is 13.8. The number of nitriles is 1. The summed E-state index contributed by atoms with van der Waals surface area (Å²) in [6.07, 6.45) is 0. The van der Waals surface area contributed by atoms with E-state index in [1.807, 2.05) is 0 Å². The number of halogens is 1. The lowest BCUT2D eigenvalue weighted by atomic mass is 10.1. The van der Waals surface area contributed by atoms with Gasteiger partial charge in [-0.05, 0) is 36.8 Å². The minimum absolute atomic E-state index is 0.0239. The van der Waals surface area contributed by atoms with Gasteiger partial charge in [0.15, 0.2) is 9.84 Å². The molecule has 6 heteroatoms. The predicted octanol–water partition coefficient (Wildman–Crippen LogP) is 2.56. The van der Waals surface area contributed by atoms with Crippen LogP contribution in [0.5, 0.6) is 0 Å². The summed E-state index contributed by atoms with van der Waals surface area (Å²) in [5, 5.41) is 8.68. The van der Waals surface area contributed by atoms with E-state index in [1.54, 1.807) is 25.1 Å². The summed E-state index contributed by atoms with van der Waals surface area (Å²) in [7, 11) is -3.71. The molecule has 0 aliphatic carbocycles. The first-order valence-corrected chi connectivity index (χ1v) is 7.77. The lowest BCUT2D eigenvalue weighted by Crippen LogP contribution is -2.09. The molecule has 0 spiro atoms. The van der Waals surface area contributed by atoms with Crippen LogP contribution in [-0.4, -0.2) is 8.42 Å². The van der Waals surface area contributed by atoms with Crippen molar-refractivity contribution in [3.8, 4) is 6.07 Å². The van der Waals surface area contributed by atoms with Gasteiger partial charge in [0.2, 0.25) is 0 Å². The van der Waals surface area contributed by atoms with Crippen LogP contribution in [0.3, 0.4) is 0 Å². The van der Waals surface area contributed by atoms with Crippen LogP contribution in [0.25, 0.3) is 0 Å². The first kappa shape index (κ1) is 15.0. The number of nitrogens with two attached hydrogens (primary N) is 1. The van der Waals surface area contributed by atoms with Crippen molar-refractivity contribution in [3.05, 3.63) is 58.9 Å². The zero-order valence-corrected chi connectivity index (χ0v) is 12.1. The Bertz CT molecular complexity index is 839. The highest BCUT2D eigenvalue weighted by atomic mass is 32.2. The van der Waals surface area contributed by atoms with Crippen LogP contribution in [-0.2, 0) is 15.6 Å². The van der Waals surface area contributed by atoms with Gasteiger partial charge in [-0.2, -0.15) is 5.26 Å². The van der Waals surface area contributed by atoms with Crippen LogP contribution < -0.4 is 5.73 Å². The first-order chi connectivity index (χ1) is 9.85. The molecule has 0 aliphatic heterocycles. The SMILES string of the molecule is Cc1c(N)cccc1S(=O)(=O)Cc1ccc(C#N)cc1F. The highest BCUT2D eigenvalue weighted by Crippen LogP contribution is 2.25. The Hall–Kier alpha value is -2.39. The molecule has 0 radical (unpaired) electrons. The van der Waals surface area contributed by atoms with E-state index in [9.17, 15) is 12.8 Å². The summed E-state index contributed by atoms with van der Waals surface area (Å²) in [6.45, 7) is 1.61. The van der Waals surface area contributed by atoms with Gasteiger partial charge in [0.1, 0.15) is 5.82 Å². The fraction of sp³-hybridized carbons (Fsp3) is 0.133. The van der Waals surface area contributed by atoms with Crippen molar-refractivity contribution in [2.75, 3.05) is 5.73 Å². The van der Waals surface area contributed by atoms with Gasteiger partial charge < -0.3 is 5.73 Å². The van der Waals surface area contributed by atoms with E-state index in [2.05, 4.69) is 0 Å². The van der Waals surface area contributed by atoms with Crippen molar-refractivity contribution in [2.45, 2.75) is 17.6 Å². The van der Waals surface area contributed by atoms with Crippen molar-refractivity contribution in [1.82, 2.24) is 0 Å². The molecule has 4 nitrogen and oxygen atoms in total. The third kappa shape index (κ3) is 3.03. The Balaban J connectivity index is 2.43. The smallest absolute Gasteiger partial charge is 0.182 e. The molecule has 2 aromatic carbocycles. The third-order valence-corrected chi connectivity index (χ3v) is 4.99. The topological polar surface area (TPSA) is 84.0 Å². The van der Waals surface area contributed by atoms with Crippen LogP contribution >= 0.6 is 0 Å². The fourth-order valence-electron chi connectivity index (χ4n) is 1.98. The van der Waals surface area contributed by atoms with Crippen LogP contribution in [0.2, 0.25) is 0 Å². The molecule has 0 fully saturated rings. The number of rotatable bonds is 3. The van der Waals surface area contributed by atoms with Crippen molar-refractivity contribution < 1.29 is 12.8 Å². The second-order valence-corrected chi connectivity index (χ2v) is 6.61. The lowest BCUT2D eigenvalue weighted by Gasteiger charge is -2.10. The summed E-state index contributed by atoms with van der Waals surface area (Å²) in [5.74, 6) is -1.19. The van der Waals surface area contributed by atoms with Gasteiger partial charge in [-0.3, -0.25) is 0 Å². The maximum Gasteiger partial charge on any atom is 0.182 e. The number of benzene rings is 2. The fourth-order valence-corrected chi connectivity index (χ4v) is 3.65. The molecule has 0 aromatic heterocycles. The molecule has 0 unspecified atom stereocenters. The van der Waals surface area contributed by atoms with Gasteiger partial charge in [-0.25, -0.2) is 12.8 Å². The van der Waals surface area contributed by atoms with Crippen molar-refractivity contribution in [3.63, 3.8) is 0 Å². The average molecular weight is 304 g/mol. The van der Waals surface area contributed by atoms with Gasteiger partial charge in [-0.1, -0.05) is 12.1 Å².